The lowest BCUT2D eigenvalue weighted by atomic mass is 9.82. The van der Waals surface area contributed by atoms with Gasteiger partial charge in [-0.2, -0.15) is 0 Å². The van der Waals surface area contributed by atoms with Gasteiger partial charge in [0.05, 0.1) is 86.2 Å². The van der Waals surface area contributed by atoms with Gasteiger partial charge in [0.2, 0.25) is 0 Å². The highest BCUT2D eigenvalue weighted by Gasteiger charge is 2.52. The first-order valence-corrected chi connectivity index (χ1v) is 26.2. The van der Waals surface area contributed by atoms with Gasteiger partial charge in [0.15, 0.2) is 18.4 Å². The monoisotopic (exact) mass is 1090 g/mol. The number of nitrogens with two attached hydrogens (primary N) is 1. The maximum Gasteiger partial charge on any atom is 0.311 e. The maximum absolute atomic E-state index is 13.1. The molecule has 16 N–H and O–H groups in total. The molecular formula is C53H85NO22. The number of carboxylic acid groups (broad SMARTS) is 1. The van der Waals surface area contributed by atoms with Crippen molar-refractivity contribution in [3.05, 3.63) is 72.9 Å². The number of hydrogen-bond acceptors (Lipinski definition) is 22. The van der Waals surface area contributed by atoms with Crippen molar-refractivity contribution >= 4 is 11.9 Å². The highest BCUT2D eigenvalue weighted by molar-refractivity contribution is 5.71. The Morgan fingerprint density at radius 2 is 1.25 bits per heavy atom. The molecule has 3 fully saturated rings. The topological polar surface area (TPSA) is 399 Å². The predicted octanol–water partition coefficient (Wildman–Crippen LogP) is -1.24. The van der Waals surface area contributed by atoms with Crippen LogP contribution in [0.5, 0.6) is 0 Å². The summed E-state index contributed by atoms with van der Waals surface area (Å²) in [5, 5.41) is 150. The molecule has 0 spiro atoms. The normalized spacial score (nSPS) is 46.6. The van der Waals surface area contributed by atoms with Crippen molar-refractivity contribution in [2.75, 3.05) is 6.61 Å². The Balaban J connectivity index is 1.56. The highest BCUT2D eigenvalue weighted by Crippen LogP contribution is 2.38. The van der Waals surface area contributed by atoms with Crippen molar-refractivity contribution in [3.8, 4) is 0 Å². The number of carbonyl (C=O) groups excluding carboxylic acids is 1. The van der Waals surface area contributed by atoms with Gasteiger partial charge in [-0.3, -0.25) is 9.59 Å². The molecule has 0 aromatic rings. The molecule has 23 heteroatoms. The van der Waals surface area contributed by atoms with E-state index in [0.717, 1.165) is 0 Å². The second kappa shape index (κ2) is 31.4. The number of fused-ring (bicyclic) bond motifs is 2. The third kappa shape index (κ3) is 19.8. The van der Waals surface area contributed by atoms with Gasteiger partial charge in [-0.1, -0.05) is 86.8 Å². The molecule has 1 unspecified atom stereocenters. The summed E-state index contributed by atoms with van der Waals surface area (Å²) >= 11 is 0. The molecule has 76 heavy (non-hydrogen) atoms. The lowest BCUT2D eigenvalue weighted by Gasteiger charge is -2.45. The number of rotatable bonds is 6. The van der Waals surface area contributed by atoms with Gasteiger partial charge >= 0.3 is 11.9 Å². The molecule has 434 valence electrons. The SMILES string of the molecule is C[C@@H]1[C@H](OC2O[C@H](CO)[C@@H](O)[C@H](O)[C@H]2O)[C@@H](C)/C=C/C=C/CC/C=C/C=C/C=C/C=C/[C@H](O[C@@H]2O[C@H](C)[C@@H](O)[C@H](N)[C@@H]2O)C[C@@H]2O[C@](O)(C[C@@H](O)[C@H](O)CC[C@@H](O)C[C@@H](O)C[C@@H](O)CC(=O)O[C@H]1C)C[C@H](O)[C@H]2C(=O)O. The van der Waals surface area contributed by atoms with Crippen LogP contribution < -0.4 is 5.73 Å². The summed E-state index contributed by atoms with van der Waals surface area (Å²) in [5.41, 5.74) is 6.04. The molecule has 2 bridgehead atoms. The van der Waals surface area contributed by atoms with E-state index >= 15 is 0 Å². The van der Waals surface area contributed by atoms with Crippen molar-refractivity contribution in [3.63, 3.8) is 0 Å². The Hall–Kier alpha value is -3.38. The predicted molar refractivity (Wildman–Crippen MR) is 270 cm³/mol. The number of carboxylic acids is 1. The second-order valence-corrected chi connectivity index (χ2v) is 20.7. The van der Waals surface area contributed by atoms with Gasteiger partial charge in [0.1, 0.15) is 42.5 Å². The van der Waals surface area contributed by atoms with E-state index in [2.05, 4.69) is 0 Å². The molecule has 0 aliphatic carbocycles. The average molecular weight is 1090 g/mol. The molecule has 0 saturated carbocycles. The molecule has 4 aliphatic heterocycles. The van der Waals surface area contributed by atoms with E-state index < -0.39 is 184 Å². The van der Waals surface area contributed by atoms with Crippen LogP contribution in [0.15, 0.2) is 72.9 Å². The third-order valence-electron chi connectivity index (χ3n) is 14.3. The second-order valence-electron chi connectivity index (χ2n) is 20.7. The van der Waals surface area contributed by atoms with Crippen molar-refractivity contribution in [2.24, 2.45) is 23.5 Å². The number of allylic oxidation sites excluding steroid dienone is 10. The van der Waals surface area contributed by atoms with Crippen molar-refractivity contribution < 1.29 is 110 Å². The first kappa shape index (κ1) is 65.1. The zero-order valence-electron chi connectivity index (χ0n) is 43.6. The highest BCUT2D eigenvalue weighted by atomic mass is 16.7. The van der Waals surface area contributed by atoms with E-state index in [1.54, 1.807) is 50.3 Å². The Labute approximate surface area is 443 Å². The minimum absolute atomic E-state index is 0.189. The van der Waals surface area contributed by atoms with Crippen LogP contribution in [0.2, 0.25) is 0 Å². The summed E-state index contributed by atoms with van der Waals surface area (Å²) in [6.45, 7) is 5.96. The maximum atomic E-state index is 13.1. The molecule has 3 saturated heterocycles. The lowest BCUT2D eigenvalue weighted by molar-refractivity contribution is -0.318. The van der Waals surface area contributed by atoms with Crippen molar-refractivity contribution in [1.29, 1.82) is 0 Å². The average Bonchev–Trinajstić information content (AvgIpc) is 3.34. The van der Waals surface area contributed by atoms with Crippen LogP contribution in [0.25, 0.3) is 0 Å². The largest absolute Gasteiger partial charge is 0.481 e. The fourth-order valence-electron chi connectivity index (χ4n) is 9.68. The van der Waals surface area contributed by atoms with E-state index in [4.69, 9.17) is 34.2 Å². The van der Waals surface area contributed by atoms with Gasteiger partial charge in [0.25, 0.3) is 0 Å². The quantitative estimate of drug-likeness (QED) is 0.138. The molecule has 24 atom stereocenters. The molecule has 4 heterocycles. The van der Waals surface area contributed by atoms with Crippen molar-refractivity contribution in [1.82, 2.24) is 0 Å². The zero-order valence-corrected chi connectivity index (χ0v) is 43.6. The van der Waals surface area contributed by atoms with Crippen molar-refractivity contribution in [2.45, 2.75) is 220 Å². The summed E-state index contributed by atoms with van der Waals surface area (Å²) < 4.78 is 35.3. The minimum atomic E-state index is -2.39. The fourth-order valence-corrected chi connectivity index (χ4v) is 9.68. The number of esters is 1. The Morgan fingerprint density at radius 1 is 0.658 bits per heavy atom. The standard InChI is InChI=1S/C53H85NO22/c1-28-17-15-13-11-9-7-5-6-8-10-12-14-16-18-35(73-51-46(65)43(54)44(63)31(4)72-51)24-39-42(50(68)69)38(61)26-53(70,76-39)25-37(60)36(59)20-19-32(56)21-33(57)22-34(58)23-41(62)71-30(3)29(2)49(28)75-52-48(67)47(66)45(64)40(27-55)74-52/h5-6,8,10-18,28-40,42-49,51-52,55-61,63-67,70H,7,9,19-27,54H2,1-4H3,(H,68,69)/b6-5+,10-8+,13-11+,14-12+,17-15+,18-16+/t28-,29-,30-,31+,32+,33+,34+,35-,36+,37+,38-,39-,40+,42+,43-,44+,45+,46-,47-,48+,49+,51-,52?,53+/m0/s1. The number of hydrogen-bond donors (Lipinski definition) is 15. The molecule has 0 amide bonds. The Bertz CT molecular complexity index is 1930. The van der Waals surface area contributed by atoms with Crippen LogP contribution in [0.4, 0.5) is 0 Å². The summed E-state index contributed by atoms with van der Waals surface area (Å²) in [5.74, 6) is -7.38. The lowest BCUT2D eigenvalue weighted by Crippen LogP contribution is -2.61. The molecule has 4 rings (SSSR count). The van der Waals surface area contributed by atoms with Gasteiger partial charge in [-0.15, -0.1) is 0 Å². The molecule has 0 aromatic carbocycles. The smallest absolute Gasteiger partial charge is 0.311 e. The molecule has 4 aliphatic rings. The van der Waals surface area contributed by atoms with Crippen LogP contribution >= 0.6 is 0 Å². The van der Waals surface area contributed by atoms with E-state index in [9.17, 15) is 81.1 Å². The van der Waals surface area contributed by atoms with E-state index in [1.165, 1.54) is 13.0 Å². The zero-order chi connectivity index (χ0) is 56.4. The van der Waals surface area contributed by atoms with E-state index in [-0.39, 0.29) is 32.1 Å². The fraction of sp³-hybridized carbons (Fsp3) is 0.736. The van der Waals surface area contributed by atoms with Crippen LogP contribution in [-0.4, -0.2) is 218 Å². The number of aliphatic carboxylic acids is 1. The van der Waals surface area contributed by atoms with Crippen LogP contribution in [0.3, 0.4) is 0 Å². The number of aliphatic hydroxyl groups is 13. The molecular weight excluding hydrogens is 1000 g/mol. The van der Waals surface area contributed by atoms with Gasteiger partial charge in [0, 0.05) is 31.1 Å². The minimum Gasteiger partial charge on any atom is -0.481 e. The third-order valence-corrected chi connectivity index (χ3v) is 14.3. The molecule has 0 aromatic heterocycles. The van der Waals surface area contributed by atoms with E-state index in [1.807, 2.05) is 37.3 Å². The van der Waals surface area contributed by atoms with Gasteiger partial charge < -0.3 is 106 Å². The summed E-state index contributed by atoms with van der Waals surface area (Å²) in [7, 11) is 0. The van der Waals surface area contributed by atoms with Gasteiger partial charge in [-0.05, 0) is 52.4 Å². The Kier molecular flexibility index (Phi) is 26.9. The number of cyclic esters (lactones) is 1. The summed E-state index contributed by atoms with van der Waals surface area (Å²) in [4.78, 5) is 25.6. The van der Waals surface area contributed by atoms with Crippen LogP contribution in [0.1, 0.15) is 91.9 Å². The van der Waals surface area contributed by atoms with Crippen LogP contribution in [-0.2, 0) is 38.0 Å². The first-order chi connectivity index (χ1) is 35.9. The Morgan fingerprint density at radius 3 is 1.91 bits per heavy atom. The van der Waals surface area contributed by atoms with E-state index in [0.29, 0.717) is 12.8 Å². The summed E-state index contributed by atoms with van der Waals surface area (Å²) in [6.07, 6.45) is -7.30. The first-order valence-electron chi connectivity index (χ1n) is 26.2. The van der Waals surface area contributed by atoms with Crippen LogP contribution in [0, 0.1) is 17.8 Å². The summed E-state index contributed by atoms with van der Waals surface area (Å²) in [6, 6.07) is -1.17. The number of carbonyl (C=O) groups is 2. The number of ether oxygens (including phenoxy) is 6. The number of aliphatic hydroxyl groups excluding tert-OH is 12. The molecule has 23 nitrogen and oxygen atoms in total. The molecule has 0 radical (unpaired) electrons. The van der Waals surface area contributed by atoms with Gasteiger partial charge in [-0.25, -0.2) is 0 Å².